The number of hydrogen-bond donors (Lipinski definition) is 2. The minimum absolute atomic E-state index is 0.0390. The SMILES string of the molecule is Cc1ccc([C@@H]2[C@@H](c3ccccn3)NC(=S)N2CCCO)n1-c1cccnc1. The van der Waals surface area contributed by atoms with Crippen LogP contribution in [0.5, 0.6) is 0 Å². The summed E-state index contributed by atoms with van der Waals surface area (Å²) in [4.78, 5) is 11.0. The number of pyridine rings is 2. The van der Waals surface area contributed by atoms with E-state index >= 15 is 0 Å². The molecule has 1 aliphatic heterocycles. The van der Waals surface area contributed by atoms with Crippen LogP contribution in [0.1, 0.15) is 35.6 Å². The number of aryl methyl sites for hydroxylation is 1. The molecule has 3 aromatic rings. The van der Waals surface area contributed by atoms with Crippen LogP contribution >= 0.6 is 12.2 Å². The molecule has 0 saturated carbocycles. The summed E-state index contributed by atoms with van der Waals surface area (Å²) < 4.78 is 2.22. The van der Waals surface area contributed by atoms with Crippen molar-refractivity contribution in [2.75, 3.05) is 13.2 Å². The Morgan fingerprint density at radius 1 is 1.14 bits per heavy atom. The van der Waals surface area contributed by atoms with Crippen LogP contribution < -0.4 is 5.32 Å². The smallest absolute Gasteiger partial charge is 0.170 e. The quantitative estimate of drug-likeness (QED) is 0.628. The zero-order valence-electron chi connectivity index (χ0n) is 15.7. The van der Waals surface area contributed by atoms with Crippen LogP contribution in [0.25, 0.3) is 5.69 Å². The largest absolute Gasteiger partial charge is 0.396 e. The zero-order chi connectivity index (χ0) is 19.5. The van der Waals surface area contributed by atoms with Crippen LogP contribution in [-0.4, -0.2) is 42.8 Å². The van der Waals surface area contributed by atoms with E-state index < -0.39 is 0 Å². The highest BCUT2D eigenvalue weighted by molar-refractivity contribution is 7.80. The van der Waals surface area contributed by atoms with Crippen LogP contribution in [0.3, 0.4) is 0 Å². The highest BCUT2D eigenvalue weighted by Crippen LogP contribution is 2.40. The Morgan fingerprint density at radius 3 is 2.75 bits per heavy atom. The van der Waals surface area contributed by atoms with Gasteiger partial charge in [0, 0.05) is 36.9 Å². The van der Waals surface area contributed by atoms with Crippen molar-refractivity contribution in [1.82, 2.24) is 24.8 Å². The van der Waals surface area contributed by atoms with Crippen molar-refractivity contribution in [3.05, 3.63) is 78.1 Å². The first-order valence-corrected chi connectivity index (χ1v) is 9.79. The second-order valence-electron chi connectivity index (χ2n) is 6.84. The van der Waals surface area contributed by atoms with Gasteiger partial charge in [0.05, 0.1) is 29.7 Å². The predicted molar refractivity (Wildman–Crippen MR) is 112 cm³/mol. The Labute approximate surface area is 169 Å². The molecule has 0 amide bonds. The maximum absolute atomic E-state index is 9.37. The van der Waals surface area contributed by atoms with Gasteiger partial charge in [0.2, 0.25) is 0 Å². The summed E-state index contributed by atoms with van der Waals surface area (Å²) in [5.74, 6) is 0. The summed E-state index contributed by atoms with van der Waals surface area (Å²) in [7, 11) is 0. The van der Waals surface area contributed by atoms with Gasteiger partial charge < -0.3 is 19.9 Å². The second-order valence-corrected chi connectivity index (χ2v) is 7.23. The molecule has 4 heterocycles. The van der Waals surface area contributed by atoms with Crippen molar-refractivity contribution >= 4 is 17.3 Å². The van der Waals surface area contributed by atoms with E-state index in [0.717, 1.165) is 22.8 Å². The number of aliphatic hydroxyl groups excluding tert-OH is 1. The van der Waals surface area contributed by atoms with Gasteiger partial charge in [-0.2, -0.15) is 0 Å². The molecule has 7 heteroatoms. The minimum Gasteiger partial charge on any atom is -0.396 e. The van der Waals surface area contributed by atoms with E-state index in [1.807, 2.05) is 30.5 Å². The lowest BCUT2D eigenvalue weighted by Crippen LogP contribution is -2.32. The molecule has 0 bridgehead atoms. The molecule has 1 saturated heterocycles. The Hall–Kier alpha value is -2.77. The molecule has 2 atom stereocenters. The lowest BCUT2D eigenvalue weighted by atomic mass is 10.0. The number of nitrogens with zero attached hydrogens (tertiary/aromatic N) is 4. The van der Waals surface area contributed by atoms with Gasteiger partial charge in [-0.15, -0.1) is 0 Å². The number of aromatic nitrogens is 3. The Bertz CT molecular complexity index is 944. The molecule has 0 aromatic carbocycles. The highest BCUT2D eigenvalue weighted by atomic mass is 32.1. The van der Waals surface area contributed by atoms with Crippen LogP contribution in [0.2, 0.25) is 0 Å². The van der Waals surface area contributed by atoms with E-state index in [2.05, 4.69) is 49.9 Å². The predicted octanol–water partition coefficient (Wildman–Crippen LogP) is 2.93. The summed E-state index contributed by atoms with van der Waals surface area (Å²) in [5, 5.41) is 13.5. The summed E-state index contributed by atoms with van der Waals surface area (Å²) >= 11 is 5.66. The molecular weight excluding hydrogens is 370 g/mol. The van der Waals surface area contributed by atoms with Crippen LogP contribution in [-0.2, 0) is 0 Å². The third-order valence-electron chi connectivity index (χ3n) is 5.07. The number of thiocarbonyl (C=S) groups is 1. The average Bonchev–Trinajstić information content (AvgIpc) is 3.27. The van der Waals surface area contributed by atoms with Crippen molar-refractivity contribution in [1.29, 1.82) is 0 Å². The fourth-order valence-electron chi connectivity index (χ4n) is 3.84. The molecule has 28 heavy (non-hydrogen) atoms. The van der Waals surface area contributed by atoms with E-state index in [4.69, 9.17) is 12.2 Å². The lowest BCUT2D eigenvalue weighted by molar-refractivity contribution is 0.244. The van der Waals surface area contributed by atoms with Crippen molar-refractivity contribution in [2.45, 2.75) is 25.4 Å². The van der Waals surface area contributed by atoms with E-state index in [-0.39, 0.29) is 18.7 Å². The average molecular weight is 394 g/mol. The third-order valence-corrected chi connectivity index (χ3v) is 5.42. The van der Waals surface area contributed by atoms with E-state index in [1.165, 1.54) is 0 Å². The summed E-state index contributed by atoms with van der Waals surface area (Å²) in [6.07, 6.45) is 6.10. The molecule has 0 unspecified atom stereocenters. The first kappa shape index (κ1) is 18.6. The molecule has 0 radical (unpaired) electrons. The molecule has 0 aliphatic carbocycles. The summed E-state index contributed by atoms with van der Waals surface area (Å²) in [5.41, 5.74) is 4.20. The minimum atomic E-state index is -0.0721. The summed E-state index contributed by atoms with van der Waals surface area (Å²) in [6.45, 7) is 2.89. The third kappa shape index (κ3) is 3.39. The normalized spacial score (nSPS) is 19.1. The fourth-order valence-corrected chi connectivity index (χ4v) is 4.17. The van der Waals surface area contributed by atoms with Gasteiger partial charge in [-0.25, -0.2) is 0 Å². The first-order chi connectivity index (χ1) is 13.7. The maximum Gasteiger partial charge on any atom is 0.170 e. The molecule has 1 aliphatic rings. The molecule has 144 valence electrons. The van der Waals surface area contributed by atoms with Crippen LogP contribution in [0, 0.1) is 6.92 Å². The molecule has 0 spiro atoms. The van der Waals surface area contributed by atoms with Gasteiger partial charge >= 0.3 is 0 Å². The van der Waals surface area contributed by atoms with Crippen molar-refractivity contribution < 1.29 is 5.11 Å². The van der Waals surface area contributed by atoms with Crippen molar-refractivity contribution in [3.8, 4) is 5.69 Å². The van der Waals surface area contributed by atoms with E-state index in [9.17, 15) is 5.11 Å². The van der Waals surface area contributed by atoms with Gasteiger partial charge in [0.1, 0.15) is 0 Å². The molecule has 1 fully saturated rings. The standard InChI is InChI=1S/C21H23N5OS/c1-15-8-9-18(26(15)16-6-4-10-22-14-16)20-19(17-7-2-3-11-23-17)24-21(28)25(20)12-5-13-27/h2-4,6-11,14,19-20,27H,5,12-13H2,1H3,(H,24,28)/t19-,20-/m1/s1. The van der Waals surface area contributed by atoms with E-state index in [0.29, 0.717) is 18.1 Å². The Balaban J connectivity index is 1.82. The lowest BCUT2D eigenvalue weighted by Gasteiger charge is -2.29. The van der Waals surface area contributed by atoms with Gasteiger partial charge in [-0.3, -0.25) is 9.97 Å². The monoisotopic (exact) mass is 393 g/mol. The number of nitrogens with one attached hydrogen (secondary N) is 1. The van der Waals surface area contributed by atoms with E-state index in [1.54, 1.807) is 12.4 Å². The highest BCUT2D eigenvalue weighted by Gasteiger charge is 2.41. The summed E-state index contributed by atoms with van der Waals surface area (Å²) in [6, 6.07) is 14.1. The van der Waals surface area contributed by atoms with Crippen molar-refractivity contribution in [2.24, 2.45) is 0 Å². The maximum atomic E-state index is 9.37. The molecule has 6 nitrogen and oxygen atoms in total. The van der Waals surface area contributed by atoms with Crippen molar-refractivity contribution in [3.63, 3.8) is 0 Å². The molecule has 3 aromatic heterocycles. The van der Waals surface area contributed by atoms with Crippen LogP contribution in [0.4, 0.5) is 0 Å². The molecule has 2 N–H and O–H groups in total. The molecule has 4 rings (SSSR count). The topological polar surface area (TPSA) is 66.2 Å². The van der Waals surface area contributed by atoms with Gasteiger partial charge in [-0.1, -0.05) is 6.07 Å². The Morgan fingerprint density at radius 2 is 2.04 bits per heavy atom. The van der Waals surface area contributed by atoms with Gasteiger partial charge in [0.15, 0.2) is 5.11 Å². The Kier molecular flexibility index (Phi) is 5.36. The second kappa shape index (κ2) is 8.08. The molecular formula is C21H23N5OS. The zero-order valence-corrected chi connectivity index (χ0v) is 16.5. The fraction of sp³-hybridized carbons (Fsp3) is 0.286. The number of hydrogen-bond acceptors (Lipinski definition) is 4. The van der Waals surface area contributed by atoms with Gasteiger partial charge in [0.25, 0.3) is 0 Å². The first-order valence-electron chi connectivity index (χ1n) is 9.38. The number of rotatable bonds is 6. The van der Waals surface area contributed by atoms with Crippen LogP contribution in [0.15, 0.2) is 61.1 Å². The number of aliphatic hydroxyl groups is 1. The van der Waals surface area contributed by atoms with Gasteiger partial charge in [-0.05, 0) is 62.0 Å².